The lowest BCUT2D eigenvalue weighted by Crippen LogP contribution is -2.28. The average molecular weight is 442 g/mol. The van der Waals surface area contributed by atoms with Crippen LogP contribution in [0.2, 0.25) is 0 Å². The summed E-state index contributed by atoms with van der Waals surface area (Å²) in [6, 6.07) is 22.8. The molecule has 6 nitrogen and oxygen atoms in total. The van der Waals surface area contributed by atoms with Crippen LogP contribution in [-0.4, -0.2) is 40.7 Å². The van der Waals surface area contributed by atoms with Crippen LogP contribution in [0.3, 0.4) is 0 Å². The number of amides is 1. The molecule has 0 N–H and O–H groups in total. The molecular weight excluding hydrogens is 422 g/mol. The molecular formula is C25H19N3O3S. The van der Waals surface area contributed by atoms with Crippen molar-refractivity contribution in [1.82, 2.24) is 9.99 Å². The van der Waals surface area contributed by atoms with Gasteiger partial charge >= 0.3 is 5.97 Å². The van der Waals surface area contributed by atoms with Crippen LogP contribution in [0.15, 0.2) is 83.3 Å². The molecule has 0 unspecified atom stereocenters. The highest BCUT2D eigenvalue weighted by molar-refractivity contribution is 7.13. The Morgan fingerprint density at radius 1 is 1.00 bits per heavy atom. The second-order valence-electron chi connectivity index (χ2n) is 7.31. The van der Waals surface area contributed by atoms with Gasteiger partial charge in [0.25, 0.3) is 5.91 Å². The first-order valence-electron chi connectivity index (χ1n) is 10.2. The highest BCUT2D eigenvalue weighted by Crippen LogP contribution is 2.28. The van der Waals surface area contributed by atoms with E-state index in [1.54, 1.807) is 17.4 Å². The molecule has 0 spiro atoms. The van der Waals surface area contributed by atoms with Crippen LogP contribution in [0.4, 0.5) is 0 Å². The average Bonchev–Trinajstić information content (AvgIpc) is 3.55. The fourth-order valence-corrected chi connectivity index (χ4v) is 4.33. The van der Waals surface area contributed by atoms with Crippen LogP contribution in [0.5, 0.6) is 0 Å². The second-order valence-corrected chi connectivity index (χ2v) is 8.25. The molecule has 1 amide bonds. The number of hydrogen-bond donors (Lipinski definition) is 0. The number of hydrazone groups is 1. The Hall–Kier alpha value is -3.84. The fourth-order valence-electron chi connectivity index (χ4n) is 3.64. The summed E-state index contributed by atoms with van der Waals surface area (Å²) < 4.78 is 5.40. The first-order valence-corrected chi connectivity index (χ1v) is 11.1. The largest absolute Gasteiger partial charge is 0.452 e. The van der Waals surface area contributed by atoms with Crippen molar-refractivity contribution >= 4 is 39.8 Å². The Labute approximate surface area is 188 Å². The lowest BCUT2D eigenvalue weighted by Gasteiger charge is -2.12. The number of pyridine rings is 1. The number of aromatic nitrogens is 1. The van der Waals surface area contributed by atoms with Gasteiger partial charge in [-0.2, -0.15) is 5.10 Å². The number of ether oxygens (including phenoxy) is 1. The molecule has 1 aliphatic rings. The molecule has 0 atom stereocenters. The van der Waals surface area contributed by atoms with Crippen molar-refractivity contribution in [3.63, 3.8) is 0 Å². The summed E-state index contributed by atoms with van der Waals surface area (Å²) in [4.78, 5) is 31.2. The van der Waals surface area contributed by atoms with E-state index in [0.717, 1.165) is 16.2 Å². The Bertz CT molecular complexity index is 1320. The van der Waals surface area contributed by atoms with Gasteiger partial charge in [-0.15, -0.1) is 11.3 Å². The molecule has 0 radical (unpaired) electrons. The number of rotatable bonds is 5. The topological polar surface area (TPSA) is 71.9 Å². The van der Waals surface area contributed by atoms with E-state index in [-0.39, 0.29) is 12.5 Å². The zero-order chi connectivity index (χ0) is 21.9. The standard InChI is InChI=1S/C25H19N3O3S/c29-24(28-13-12-20(27-28)17-7-2-1-3-8-17)16-31-25(30)19-15-22(23-11-6-14-32-23)26-21-10-5-4-9-18(19)21/h1-11,14-15H,12-13,16H2. The molecule has 7 heteroatoms. The van der Waals surface area contributed by atoms with Gasteiger partial charge in [-0.25, -0.2) is 14.8 Å². The maximum Gasteiger partial charge on any atom is 0.339 e. The number of carbonyl (C=O) groups excluding carboxylic acids is 2. The monoisotopic (exact) mass is 441 g/mol. The van der Waals surface area contributed by atoms with Crippen molar-refractivity contribution < 1.29 is 14.3 Å². The number of carbonyl (C=O) groups is 2. The molecule has 32 heavy (non-hydrogen) atoms. The van der Waals surface area contributed by atoms with Crippen molar-refractivity contribution in [2.75, 3.05) is 13.2 Å². The summed E-state index contributed by atoms with van der Waals surface area (Å²) in [5.74, 6) is -0.901. The van der Waals surface area contributed by atoms with Gasteiger partial charge < -0.3 is 4.74 Å². The number of esters is 1. The fraction of sp³-hybridized carbons (Fsp3) is 0.120. The van der Waals surface area contributed by atoms with Crippen LogP contribution in [0, 0.1) is 0 Å². The Morgan fingerprint density at radius 2 is 1.81 bits per heavy atom. The zero-order valence-corrected chi connectivity index (χ0v) is 17.9. The first kappa shape index (κ1) is 20.1. The van der Waals surface area contributed by atoms with Crippen LogP contribution < -0.4 is 0 Å². The van der Waals surface area contributed by atoms with Gasteiger partial charge in [0.05, 0.1) is 33.9 Å². The summed E-state index contributed by atoms with van der Waals surface area (Å²) in [7, 11) is 0. The van der Waals surface area contributed by atoms with E-state index >= 15 is 0 Å². The minimum atomic E-state index is -0.554. The van der Waals surface area contributed by atoms with Crippen molar-refractivity contribution in [2.24, 2.45) is 5.10 Å². The highest BCUT2D eigenvalue weighted by Gasteiger charge is 2.23. The summed E-state index contributed by atoms with van der Waals surface area (Å²) in [6.45, 7) is 0.108. The van der Waals surface area contributed by atoms with Crippen LogP contribution in [-0.2, 0) is 9.53 Å². The molecule has 2 aromatic carbocycles. The van der Waals surface area contributed by atoms with E-state index in [1.807, 2.05) is 72.1 Å². The maximum atomic E-state index is 12.9. The molecule has 2 aromatic heterocycles. The minimum Gasteiger partial charge on any atom is -0.452 e. The third kappa shape index (κ3) is 4.02. The Balaban J connectivity index is 1.33. The Kier molecular flexibility index (Phi) is 5.47. The number of benzene rings is 2. The Morgan fingerprint density at radius 3 is 2.62 bits per heavy atom. The lowest BCUT2D eigenvalue weighted by atomic mass is 10.1. The van der Waals surface area contributed by atoms with E-state index < -0.39 is 5.97 Å². The van der Waals surface area contributed by atoms with Crippen LogP contribution in [0.1, 0.15) is 22.3 Å². The molecule has 0 fully saturated rings. The molecule has 0 bridgehead atoms. The summed E-state index contributed by atoms with van der Waals surface area (Å²) in [6.07, 6.45) is 0.670. The zero-order valence-electron chi connectivity index (χ0n) is 17.1. The third-order valence-corrected chi connectivity index (χ3v) is 6.13. The molecule has 0 aliphatic carbocycles. The molecule has 0 saturated carbocycles. The van der Waals surface area contributed by atoms with Crippen molar-refractivity contribution in [3.8, 4) is 10.6 Å². The van der Waals surface area contributed by atoms with Crippen molar-refractivity contribution in [3.05, 3.63) is 89.3 Å². The van der Waals surface area contributed by atoms with E-state index in [2.05, 4.69) is 10.1 Å². The van der Waals surface area contributed by atoms with E-state index in [0.29, 0.717) is 35.1 Å². The number of para-hydroxylation sites is 1. The predicted octanol–water partition coefficient (Wildman–Crippen LogP) is 4.76. The van der Waals surface area contributed by atoms with E-state index in [4.69, 9.17) is 4.74 Å². The SMILES string of the molecule is O=C(OCC(=O)N1CCC(c2ccccc2)=N1)c1cc(-c2cccs2)nc2ccccc12. The van der Waals surface area contributed by atoms with Gasteiger partial charge in [0.15, 0.2) is 6.61 Å². The molecule has 5 rings (SSSR count). The molecule has 1 aliphatic heterocycles. The van der Waals surface area contributed by atoms with E-state index in [1.165, 1.54) is 5.01 Å². The van der Waals surface area contributed by atoms with Crippen LogP contribution in [0.25, 0.3) is 21.5 Å². The summed E-state index contributed by atoms with van der Waals surface area (Å²) in [5.41, 5.74) is 3.64. The van der Waals surface area contributed by atoms with Gasteiger partial charge in [0.2, 0.25) is 0 Å². The highest BCUT2D eigenvalue weighted by atomic mass is 32.1. The molecule has 4 aromatic rings. The summed E-state index contributed by atoms with van der Waals surface area (Å²) in [5, 5.41) is 8.43. The van der Waals surface area contributed by atoms with Crippen molar-refractivity contribution in [2.45, 2.75) is 6.42 Å². The van der Waals surface area contributed by atoms with Gasteiger partial charge in [0.1, 0.15) is 0 Å². The predicted molar refractivity (Wildman–Crippen MR) is 125 cm³/mol. The molecule has 0 saturated heterocycles. The van der Waals surface area contributed by atoms with Gasteiger partial charge in [-0.1, -0.05) is 54.6 Å². The summed E-state index contributed by atoms with van der Waals surface area (Å²) >= 11 is 1.55. The van der Waals surface area contributed by atoms with Gasteiger partial charge in [0, 0.05) is 11.8 Å². The molecule has 3 heterocycles. The van der Waals surface area contributed by atoms with Crippen molar-refractivity contribution in [1.29, 1.82) is 0 Å². The minimum absolute atomic E-state index is 0.346. The van der Waals surface area contributed by atoms with Crippen LogP contribution >= 0.6 is 11.3 Å². The van der Waals surface area contributed by atoms with E-state index in [9.17, 15) is 9.59 Å². The first-order chi connectivity index (χ1) is 15.7. The number of nitrogens with zero attached hydrogens (tertiary/aromatic N) is 3. The third-order valence-electron chi connectivity index (χ3n) is 5.23. The lowest BCUT2D eigenvalue weighted by molar-refractivity contribution is -0.134. The number of fused-ring (bicyclic) bond motifs is 1. The quantitative estimate of drug-likeness (QED) is 0.419. The van der Waals surface area contributed by atoms with Gasteiger partial charge in [-0.05, 0) is 29.1 Å². The number of thiophene rings is 1. The van der Waals surface area contributed by atoms with Gasteiger partial charge in [-0.3, -0.25) is 4.79 Å². The number of hydrogen-bond acceptors (Lipinski definition) is 6. The normalized spacial score (nSPS) is 13.2. The maximum absolute atomic E-state index is 12.9. The smallest absolute Gasteiger partial charge is 0.339 e. The second kappa shape index (κ2) is 8.72. The molecule has 158 valence electrons.